The van der Waals surface area contributed by atoms with Crippen LogP contribution in [-0.2, 0) is 0 Å². The summed E-state index contributed by atoms with van der Waals surface area (Å²) in [5, 5.41) is 4.75. The van der Waals surface area contributed by atoms with Gasteiger partial charge in [0.1, 0.15) is 0 Å². The number of thiophene rings is 1. The minimum absolute atomic E-state index is 0.0111. The maximum Gasteiger partial charge on any atom is 0.265 e. The summed E-state index contributed by atoms with van der Waals surface area (Å²) in [5.41, 5.74) is 2.29. The highest BCUT2D eigenvalue weighted by molar-refractivity contribution is 7.12. The van der Waals surface area contributed by atoms with Gasteiger partial charge in [0.2, 0.25) is 0 Å². The third kappa shape index (κ3) is 3.54. The molecule has 0 saturated carbocycles. The van der Waals surface area contributed by atoms with Gasteiger partial charge in [-0.2, -0.15) is 0 Å². The highest BCUT2D eigenvalue weighted by Gasteiger charge is 2.13. The Labute approximate surface area is 134 Å². The number of hydrogen-bond donors (Lipinski definition) is 1. The second kappa shape index (κ2) is 7.22. The molecular formula is C17H20N2O2S. The zero-order valence-corrected chi connectivity index (χ0v) is 13.9. The Morgan fingerprint density at radius 3 is 2.23 bits per heavy atom. The van der Waals surface area contributed by atoms with Crippen molar-refractivity contribution in [3.05, 3.63) is 51.7 Å². The van der Waals surface area contributed by atoms with Gasteiger partial charge in [-0.05, 0) is 62.0 Å². The van der Waals surface area contributed by atoms with Gasteiger partial charge in [0.15, 0.2) is 0 Å². The Morgan fingerprint density at radius 1 is 1.09 bits per heavy atom. The monoisotopic (exact) mass is 316 g/mol. The number of amides is 2. The van der Waals surface area contributed by atoms with Crippen LogP contribution in [0, 0.1) is 6.92 Å². The maximum atomic E-state index is 12.2. The molecule has 0 saturated heterocycles. The van der Waals surface area contributed by atoms with Gasteiger partial charge in [0.05, 0.1) is 4.88 Å². The number of anilines is 1. The summed E-state index contributed by atoms with van der Waals surface area (Å²) in [6.45, 7) is 7.20. The fourth-order valence-electron chi connectivity index (χ4n) is 2.18. The van der Waals surface area contributed by atoms with Crippen molar-refractivity contribution in [3.8, 4) is 0 Å². The van der Waals surface area contributed by atoms with E-state index in [9.17, 15) is 9.59 Å². The molecule has 2 aromatic rings. The minimum atomic E-state index is -0.115. The van der Waals surface area contributed by atoms with E-state index in [2.05, 4.69) is 5.32 Å². The van der Waals surface area contributed by atoms with E-state index in [1.54, 1.807) is 29.2 Å². The Balaban J connectivity index is 2.08. The second-order valence-corrected chi connectivity index (χ2v) is 5.86. The quantitative estimate of drug-likeness (QED) is 0.912. The van der Waals surface area contributed by atoms with E-state index in [1.165, 1.54) is 11.3 Å². The van der Waals surface area contributed by atoms with E-state index in [4.69, 9.17) is 0 Å². The minimum Gasteiger partial charge on any atom is -0.339 e. The summed E-state index contributed by atoms with van der Waals surface area (Å²) >= 11 is 1.42. The topological polar surface area (TPSA) is 49.4 Å². The molecule has 5 heteroatoms. The lowest BCUT2D eigenvalue weighted by Crippen LogP contribution is -2.30. The summed E-state index contributed by atoms with van der Waals surface area (Å²) < 4.78 is 0. The van der Waals surface area contributed by atoms with Crippen molar-refractivity contribution >= 4 is 28.8 Å². The first-order valence-corrected chi connectivity index (χ1v) is 8.19. The van der Waals surface area contributed by atoms with Crippen molar-refractivity contribution in [2.24, 2.45) is 0 Å². The largest absolute Gasteiger partial charge is 0.339 e. The van der Waals surface area contributed by atoms with E-state index in [0.717, 1.165) is 5.56 Å². The second-order valence-electron chi connectivity index (χ2n) is 4.94. The average molecular weight is 316 g/mol. The molecule has 1 aromatic heterocycles. The van der Waals surface area contributed by atoms with Gasteiger partial charge in [-0.25, -0.2) is 0 Å². The normalized spacial score (nSPS) is 10.3. The van der Waals surface area contributed by atoms with Crippen LogP contribution in [0.25, 0.3) is 0 Å². The van der Waals surface area contributed by atoms with Crippen LogP contribution in [0.3, 0.4) is 0 Å². The third-order valence-electron chi connectivity index (χ3n) is 3.51. The molecule has 22 heavy (non-hydrogen) atoms. The molecule has 116 valence electrons. The average Bonchev–Trinajstić information content (AvgIpc) is 2.95. The highest BCUT2D eigenvalue weighted by Crippen LogP contribution is 2.18. The Bertz CT molecular complexity index is 658. The van der Waals surface area contributed by atoms with Crippen LogP contribution in [-0.4, -0.2) is 29.8 Å². The van der Waals surface area contributed by atoms with Gasteiger partial charge in [0.25, 0.3) is 11.8 Å². The third-order valence-corrected chi connectivity index (χ3v) is 4.52. The lowest BCUT2D eigenvalue weighted by Gasteiger charge is -2.18. The number of aryl methyl sites for hydroxylation is 1. The maximum absolute atomic E-state index is 12.2. The molecule has 2 amide bonds. The van der Waals surface area contributed by atoms with Crippen molar-refractivity contribution in [1.29, 1.82) is 0 Å². The van der Waals surface area contributed by atoms with Crippen LogP contribution in [0.5, 0.6) is 0 Å². The Kier molecular flexibility index (Phi) is 5.33. The zero-order chi connectivity index (χ0) is 16.1. The molecule has 0 spiro atoms. The zero-order valence-electron chi connectivity index (χ0n) is 13.1. The molecule has 4 nitrogen and oxygen atoms in total. The molecule has 0 bridgehead atoms. The summed E-state index contributed by atoms with van der Waals surface area (Å²) in [7, 11) is 0. The molecule has 1 aromatic carbocycles. The van der Waals surface area contributed by atoms with Crippen LogP contribution < -0.4 is 5.32 Å². The molecule has 1 N–H and O–H groups in total. The highest BCUT2D eigenvalue weighted by atomic mass is 32.1. The molecule has 0 aliphatic heterocycles. The number of rotatable bonds is 5. The van der Waals surface area contributed by atoms with E-state index in [-0.39, 0.29) is 11.8 Å². The van der Waals surface area contributed by atoms with Crippen molar-refractivity contribution in [3.63, 3.8) is 0 Å². The van der Waals surface area contributed by atoms with Crippen molar-refractivity contribution in [1.82, 2.24) is 4.90 Å². The predicted molar refractivity (Wildman–Crippen MR) is 90.7 cm³/mol. The van der Waals surface area contributed by atoms with Crippen molar-refractivity contribution in [2.75, 3.05) is 18.4 Å². The molecule has 0 fully saturated rings. The van der Waals surface area contributed by atoms with Crippen LogP contribution in [0.1, 0.15) is 39.4 Å². The molecule has 0 atom stereocenters. The predicted octanol–water partition coefficient (Wildman–Crippen LogP) is 3.79. The van der Waals surface area contributed by atoms with Gasteiger partial charge < -0.3 is 10.2 Å². The van der Waals surface area contributed by atoms with Gasteiger partial charge in [-0.1, -0.05) is 0 Å². The SMILES string of the molecule is CCN(CC)C(=O)c1ccc(NC(=O)c2sccc2C)cc1. The van der Waals surface area contributed by atoms with Crippen LogP contribution >= 0.6 is 11.3 Å². The Morgan fingerprint density at radius 2 is 1.73 bits per heavy atom. The van der Waals surface area contributed by atoms with Gasteiger partial charge in [-0.15, -0.1) is 11.3 Å². The lowest BCUT2D eigenvalue weighted by atomic mass is 10.1. The van der Waals surface area contributed by atoms with Crippen LogP contribution in [0.4, 0.5) is 5.69 Å². The van der Waals surface area contributed by atoms with Gasteiger partial charge in [0, 0.05) is 24.3 Å². The fraction of sp³-hybridized carbons (Fsp3) is 0.294. The molecule has 0 aliphatic rings. The van der Waals surface area contributed by atoms with Crippen LogP contribution in [0.15, 0.2) is 35.7 Å². The van der Waals surface area contributed by atoms with Crippen molar-refractivity contribution < 1.29 is 9.59 Å². The van der Waals surface area contributed by atoms with E-state index in [0.29, 0.717) is 29.2 Å². The molecule has 0 unspecified atom stereocenters. The lowest BCUT2D eigenvalue weighted by molar-refractivity contribution is 0.0773. The molecule has 0 aliphatic carbocycles. The number of benzene rings is 1. The van der Waals surface area contributed by atoms with E-state index >= 15 is 0 Å². The molecular weight excluding hydrogens is 296 g/mol. The van der Waals surface area contributed by atoms with E-state index < -0.39 is 0 Å². The first-order chi connectivity index (χ1) is 10.6. The van der Waals surface area contributed by atoms with Crippen LogP contribution in [0.2, 0.25) is 0 Å². The molecule has 2 rings (SSSR count). The number of nitrogens with one attached hydrogen (secondary N) is 1. The standard InChI is InChI=1S/C17H20N2O2S/c1-4-19(5-2)17(21)13-6-8-14(9-7-13)18-16(20)15-12(3)10-11-22-15/h6-11H,4-5H2,1-3H3,(H,18,20). The fourth-order valence-corrected chi connectivity index (χ4v) is 3.00. The van der Waals surface area contributed by atoms with Gasteiger partial charge >= 0.3 is 0 Å². The summed E-state index contributed by atoms with van der Waals surface area (Å²) in [6.07, 6.45) is 0. The number of carbonyl (C=O) groups excluding carboxylic acids is 2. The number of hydrogen-bond acceptors (Lipinski definition) is 3. The molecule has 0 radical (unpaired) electrons. The molecule has 1 heterocycles. The summed E-state index contributed by atoms with van der Waals surface area (Å²) in [5.74, 6) is -0.104. The Hall–Kier alpha value is -2.14. The van der Waals surface area contributed by atoms with Crippen molar-refractivity contribution in [2.45, 2.75) is 20.8 Å². The number of nitrogens with zero attached hydrogens (tertiary/aromatic N) is 1. The van der Waals surface area contributed by atoms with Gasteiger partial charge in [-0.3, -0.25) is 9.59 Å². The first kappa shape index (κ1) is 16.2. The summed E-state index contributed by atoms with van der Waals surface area (Å²) in [6, 6.07) is 8.94. The number of carbonyl (C=O) groups is 2. The van der Waals surface area contributed by atoms with E-state index in [1.807, 2.05) is 32.2 Å². The summed E-state index contributed by atoms with van der Waals surface area (Å²) in [4.78, 5) is 26.8. The first-order valence-electron chi connectivity index (χ1n) is 7.31. The smallest absolute Gasteiger partial charge is 0.265 e.